The molecule has 0 bridgehead atoms. The first kappa shape index (κ1) is 15.9. The average Bonchev–Trinajstić information content (AvgIpc) is 2.30. The number of aliphatic hydroxyl groups excluding tert-OH is 1. The fourth-order valence-electron chi connectivity index (χ4n) is 1.12. The lowest BCUT2D eigenvalue weighted by atomic mass is 10.0. The van der Waals surface area contributed by atoms with Crippen LogP contribution >= 0.6 is 0 Å². The number of hydrogen-bond donors (Lipinski definition) is 4. The van der Waals surface area contributed by atoms with Crippen LogP contribution in [0.3, 0.4) is 0 Å². The summed E-state index contributed by atoms with van der Waals surface area (Å²) in [5.74, 6) is -2.21. The lowest BCUT2D eigenvalue weighted by molar-refractivity contribution is -0.142. The van der Waals surface area contributed by atoms with Crippen LogP contribution in [0.1, 0.15) is 13.8 Å². The molecule has 0 saturated carbocycles. The molecular formula is C11H17N3O4. The van der Waals surface area contributed by atoms with E-state index in [1.165, 1.54) is 0 Å². The molecular weight excluding hydrogens is 238 g/mol. The van der Waals surface area contributed by atoms with E-state index in [4.69, 9.17) is 15.5 Å². The Morgan fingerprint density at radius 3 is 2.44 bits per heavy atom. The van der Waals surface area contributed by atoms with Crippen LogP contribution in [0.5, 0.6) is 0 Å². The van der Waals surface area contributed by atoms with Gasteiger partial charge in [0.2, 0.25) is 0 Å². The van der Waals surface area contributed by atoms with E-state index in [2.05, 4.69) is 10.6 Å². The van der Waals surface area contributed by atoms with Gasteiger partial charge >= 0.3 is 5.97 Å². The van der Waals surface area contributed by atoms with E-state index in [0.717, 1.165) is 6.20 Å². The third kappa shape index (κ3) is 5.32. The number of hydrogen-bond acceptors (Lipinski definition) is 5. The van der Waals surface area contributed by atoms with Gasteiger partial charge in [0.25, 0.3) is 5.91 Å². The summed E-state index contributed by atoms with van der Waals surface area (Å²) < 4.78 is 0. The van der Waals surface area contributed by atoms with Crippen molar-refractivity contribution in [1.29, 1.82) is 5.26 Å². The Labute approximate surface area is 105 Å². The lowest BCUT2D eigenvalue weighted by Gasteiger charge is -2.17. The highest BCUT2D eigenvalue weighted by Crippen LogP contribution is 2.03. The maximum atomic E-state index is 11.6. The molecule has 0 spiro atoms. The molecule has 0 aromatic carbocycles. The van der Waals surface area contributed by atoms with Crippen LogP contribution in [0, 0.1) is 17.2 Å². The van der Waals surface area contributed by atoms with E-state index in [0.29, 0.717) is 0 Å². The van der Waals surface area contributed by atoms with Gasteiger partial charge < -0.3 is 20.8 Å². The van der Waals surface area contributed by atoms with Crippen molar-refractivity contribution >= 4 is 11.9 Å². The van der Waals surface area contributed by atoms with Crippen LogP contribution in [0.25, 0.3) is 0 Å². The van der Waals surface area contributed by atoms with Gasteiger partial charge in [0.1, 0.15) is 17.7 Å². The van der Waals surface area contributed by atoms with Gasteiger partial charge in [0.05, 0.1) is 6.61 Å². The summed E-state index contributed by atoms with van der Waals surface area (Å²) in [7, 11) is 0. The standard InChI is InChI=1S/C11H17N3O4/c1-7(2)9(11(17)18)14-10(16)8(5-12)6-13-3-4-15/h6-7,9,13,15H,3-4H2,1-2H3,(H,14,16)(H,17,18)/b8-6-. The number of rotatable bonds is 7. The molecule has 18 heavy (non-hydrogen) atoms. The molecule has 1 unspecified atom stereocenters. The molecule has 7 heteroatoms. The molecule has 0 rings (SSSR count). The molecule has 0 aliphatic carbocycles. The van der Waals surface area contributed by atoms with Crippen molar-refractivity contribution in [2.45, 2.75) is 19.9 Å². The Bertz CT molecular complexity index is 371. The van der Waals surface area contributed by atoms with Crippen molar-refractivity contribution in [3.8, 4) is 6.07 Å². The summed E-state index contributed by atoms with van der Waals surface area (Å²) in [5.41, 5.74) is -0.240. The largest absolute Gasteiger partial charge is 0.480 e. The van der Waals surface area contributed by atoms with Gasteiger partial charge in [-0.2, -0.15) is 5.26 Å². The molecule has 0 aliphatic heterocycles. The summed E-state index contributed by atoms with van der Waals surface area (Å²) in [5, 5.41) is 31.0. The zero-order valence-electron chi connectivity index (χ0n) is 10.3. The average molecular weight is 255 g/mol. The first-order valence-corrected chi connectivity index (χ1v) is 5.42. The zero-order chi connectivity index (χ0) is 14.1. The maximum absolute atomic E-state index is 11.6. The third-order valence-electron chi connectivity index (χ3n) is 2.09. The van der Waals surface area contributed by atoms with Gasteiger partial charge in [-0.3, -0.25) is 4.79 Å². The smallest absolute Gasteiger partial charge is 0.326 e. The first-order valence-electron chi connectivity index (χ1n) is 5.42. The van der Waals surface area contributed by atoms with Crippen LogP contribution in [-0.4, -0.2) is 41.3 Å². The fourth-order valence-corrected chi connectivity index (χ4v) is 1.12. The van der Waals surface area contributed by atoms with E-state index in [-0.39, 0.29) is 24.6 Å². The number of aliphatic carboxylic acids is 1. The van der Waals surface area contributed by atoms with Gasteiger partial charge in [0, 0.05) is 12.7 Å². The predicted molar refractivity (Wildman–Crippen MR) is 63.2 cm³/mol. The Morgan fingerprint density at radius 1 is 1.44 bits per heavy atom. The highest BCUT2D eigenvalue weighted by Gasteiger charge is 2.24. The SMILES string of the molecule is CC(C)C(NC(=O)/C(C#N)=C\NCCO)C(=O)O. The van der Waals surface area contributed by atoms with Crippen molar-refractivity contribution < 1.29 is 19.8 Å². The minimum absolute atomic E-state index is 0.138. The molecule has 1 amide bonds. The van der Waals surface area contributed by atoms with E-state index >= 15 is 0 Å². The minimum atomic E-state index is -1.15. The minimum Gasteiger partial charge on any atom is -0.480 e. The van der Waals surface area contributed by atoms with Crippen molar-refractivity contribution in [2.24, 2.45) is 5.92 Å². The van der Waals surface area contributed by atoms with Crippen LogP contribution in [0.2, 0.25) is 0 Å². The number of nitriles is 1. The van der Waals surface area contributed by atoms with Crippen LogP contribution in [0.15, 0.2) is 11.8 Å². The van der Waals surface area contributed by atoms with Crippen LogP contribution < -0.4 is 10.6 Å². The number of carboxylic acid groups (broad SMARTS) is 1. The zero-order valence-corrected chi connectivity index (χ0v) is 10.3. The Hall–Kier alpha value is -2.07. The van der Waals surface area contributed by atoms with E-state index < -0.39 is 17.9 Å². The first-order chi connectivity index (χ1) is 8.43. The molecule has 0 saturated heterocycles. The third-order valence-corrected chi connectivity index (χ3v) is 2.09. The van der Waals surface area contributed by atoms with Crippen molar-refractivity contribution in [1.82, 2.24) is 10.6 Å². The lowest BCUT2D eigenvalue weighted by Crippen LogP contribution is -2.44. The molecule has 0 aliphatic rings. The summed E-state index contributed by atoms with van der Waals surface area (Å²) in [6, 6.07) is 0.607. The van der Waals surface area contributed by atoms with Crippen LogP contribution in [0.4, 0.5) is 0 Å². The Balaban J connectivity index is 4.66. The number of carbonyl (C=O) groups is 2. The second kappa shape index (κ2) is 8.08. The van der Waals surface area contributed by atoms with Crippen LogP contribution in [-0.2, 0) is 9.59 Å². The van der Waals surface area contributed by atoms with Crippen molar-refractivity contribution in [3.63, 3.8) is 0 Å². The van der Waals surface area contributed by atoms with Gasteiger partial charge in [-0.25, -0.2) is 4.79 Å². The highest BCUT2D eigenvalue weighted by atomic mass is 16.4. The molecule has 0 fully saturated rings. The van der Waals surface area contributed by atoms with Crippen molar-refractivity contribution in [3.05, 3.63) is 11.8 Å². The molecule has 0 aromatic heterocycles. The van der Waals surface area contributed by atoms with E-state index in [1.54, 1.807) is 19.9 Å². The predicted octanol–water partition coefficient (Wildman–Crippen LogP) is -0.799. The maximum Gasteiger partial charge on any atom is 0.326 e. The number of nitrogens with one attached hydrogen (secondary N) is 2. The number of nitrogens with zero attached hydrogens (tertiary/aromatic N) is 1. The second-order valence-electron chi connectivity index (χ2n) is 3.88. The topological polar surface area (TPSA) is 122 Å². The summed E-state index contributed by atoms with van der Waals surface area (Å²) in [6.45, 7) is 3.36. The normalized spacial score (nSPS) is 12.7. The van der Waals surface area contributed by atoms with Crippen molar-refractivity contribution in [2.75, 3.05) is 13.2 Å². The monoisotopic (exact) mass is 255 g/mol. The second-order valence-corrected chi connectivity index (χ2v) is 3.88. The number of carboxylic acids is 1. The van der Waals surface area contributed by atoms with Gasteiger partial charge in [-0.15, -0.1) is 0 Å². The molecule has 4 N–H and O–H groups in total. The quantitative estimate of drug-likeness (QED) is 0.268. The Morgan fingerprint density at radius 2 is 2.06 bits per heavy atom. The number of amides is 1. The number of carbonyl (C=O) groups excluding carboxylic acids is 1. The molecule has 100 valence electrons. The Kier molecular flexibility index (Phi) is 7.15. The molecule has 0 aromatic rings. The van der Waals surface area contributed by atoms with Gasteiger partial charge in [-0.05, 0) is 5.92 Å². The number of aliphatic hydroxyl groups is 1. The van der Waals surface area contributed by atoms with E-state index in [9.17, 15) is 9.59 Å². The summed E-state index contributed by atoms with van der Waals surface area (Å²) in [6.07, 6.45) is 1.14. The van der Waals surface area contributed by atoms with E-state index in [1.807, 2.05) is 0 Å². The molecule has 1 atom stereocenters. The summed E-state index contributed by atoms with van der Waals surface area (Å²) in [4.78, 5) is 22.5. The van der Waals surface area contributed by atoms with Gasteiger partial charge in [-0.1, -0.05) is 13.8 Å². The molecule has 0 heterocycles. The van der Waals surface area contributed by atoms with Gasteiger partial charge in [0.15, 0.2) is 0 Å². The fraction of sp³-hybridized carbons (Fsp3) is 0.545. The summed E-state index contributed by atoms with van der Waals surface area (Å²) >= 11 is 0. The molecule has 7 nitrogen and oxygen atoms in total. The molecule has 0 radical (unpaired) electrons. The highest BCUT2D eigenvalue weighted by molar-refractivity contribution is 5.99.